The molecule has 0 aromatic carbocycles. The number of esters is 1. The van der Waals surface area contributed by atoms with Gasteiger partial charge in [-0.3, -0.25) is 4.79 Å². The summed E-state index contributed by atoms with van der Waals surface area (Å²) in [5.41, 5.74) is 4.88. The molecule has 1 atom stereocenters. The minimum absolute atomic E-state index is 0.125. The third-order valence-corrected chi connectivity index (χ3v) is 1.72. The Morgan fingerprint density at radius 2 is 1.94 bits per heavy atom. The first-order valence-electron chi connectivity index (χ1n) is 4.69. The number of ether oxygens (including phenoxy) is 1. The maximum atomic E-state index is 11.3. The summed E-state index contributed by atoms with van der Waals surface area (Å²) in [6, 6.07) is -0.829. The first-order chi connectivity index (χ1) is 6.99. The molecule has 0 spiro atoms. The van der Waals surface area contributed by atoms with Gasteiger partial charge in [-0.1, -0.05) is 5.92 Å². The molecule has 16 heavy (non-hydrogen) atoms. The van der Waals surface area contributed by atoms with Crippen LogP contribution in [-0.2, 0) is 19.4 Å². The smallest absolute Gasteiger partial charge is 0.308 e. The predicted octanol–water partition coefficient (Wildman–Crippen LogP) is 0.0510. The SMILES string of the molecule is CC(C)(C)OC(=O)C[C@H](N)C#CS(C)(=O)=O. The van der Waals surface area contributed by atoms with E-state index >= 15 is 0 Å². The van der Waals surface area contributed by atoms with Crippen molar-refractivity contribution in [3.8, 4) is 11.2 Å². The maximum absolute atomic E-state index is 11.3. The number of carbonyl (C=O) groups excluding carboxylic acids is 1. The van der Waals surface area contributed by atoms with Crippen LogP contribution in [-0.4, -0.2) is 32.3 Å². The van der Waals surface area contributed by atoms with Crippen molar-refractivity contribution in [3.05, 3.63) is 0 Å². The zero-order valence-corrected chi connectivity index (χ0v) is 10.7. The number of carbonyl (C=O) groups is 1. The highest BCUT2D eigenvalue weighted by Gasteiger charge is 2.17. The Morgan fingerprint density at radius 1 is 1.44 bits per heavy atom. The minimum Gasteiger partial charge on any atom is -0.460 e. The highest BCUT2D eigenvalue weighted by molar-refractivity contribution is 7.95. The fourth-order valence-electron chi connectivity index (χ4n) is 0.796. The van der Waals surface area contributed by atoms with Crippen molar-refractivity contribution in [1.82, 2.24) is 0 Å². The van der Waals surface area contributed by atoms with Crippen molar-refractivity contribution in [3.63, 3.8) is 0 Å². The van der Waals surface area contributed by atoms with Crippen LogP contribution >= 0.6 is 0 Å². The van der Waals surface area contributed by atoms with Gasteiger partial charge >= 0.3 is 5.97 Å². The summed E-state index contributed by atoms with van der Waals surface area (Å²) in [6.07, 6.45) is 0.847. The first-order valence-corrected chi connectivity index (χ1v) is 6.58. The predicted molar refractivity (Wildman–Crippen MR) is 61.1 cm³/mol. The van der Waals surface area contributed by atoms with Gasteiger partial charge in [0.2, 0.25) is 9.84 Å². The molecule has 0 radical (unpaired) electrons. The van der Waals surface area contributed by atoms with Crippen LogP contribution in [0, 0.1) is 11.2 Å². The van der Waals surface area contributed by atoms with Crippen LogP contribution in [0.3, 0.4) is 0 Å². The Bertz CT molecular complexity index is 408. The number of rotatable bonds is 2. The Hall–Kier alpha value is -1.06. The number of hydrogen-bond donors (Lipinski definition) is 1. The molecule has 2 N–H and O–H groups in total. The van der Waals surface area contributed by atoms with E-state index in [1.807, 2.05) is 5.25 Å². The van der Waals surface area contributed by atoms with Gasteiger partial charge in [0.1, 0.15) is 5.60 Å². The highest BCUT2D eigenvalue weighted by atomic mass is 32.2. The van der Waals surface area contributed by atoms with E-state index in [0.717, 1.165) is 6.26 Å². The molecule has 92 valence electrons. The van der Waals surface area contributed by atoms with Gasteiger partial charge in [0.15, 0.2) is 0 Å². The van der Waals surface area contributed by atoms with E-state index < -0.39 is 27.4 Å². The number of sulfone groups is 1. The highest BCUT2D eigenvalue weighted by Crippen LogP contribution is 2.08. The van der Waals surface area contributed by atoms with Crippen LogP contribution in [0.25, 0.3) is 0 Å². The lowest BCUT2D eigenvalue weighted by Crippen LogP contribution is -2.29. The summed E-state index contributed by atoms with van der Waals surface area (Å²) < 4.78 is 26.4. The second-order valence-corrected chi connectivity index (χ2v) is 6.16. The zero-order chi connectivity index (χ0) is 13.0. The van der Waals surface area contributed by atoms with Gasteiger partial charge in [0, 0.05) is 5.25 Å². The third kappa shape index (κ3) is 9.49. The van der Waals surface area contributed by atoms with Crippen molar-refractivity contribution in [2.24, 2.45) is 5.73 Å². The van der Waals surface area contributed by atoms with Gasteiger partial charge in [-0.05, 0) is 20.8 Å². The molecule has 0 fully saturated rings. The number of hydrogen-bond acceptors (Lipinski definition) is 5. The summed E-state index contributed by atoms with van der Waals surface area (Å²) in [5, 5.41) is 1.98. The quantitative estimate of drug-likeness (QED) is 0.423. The molecule has 0 aliphatic carbocycles. The van der Waals surface area contributed by atoms with Gasteiger partial charge in [0.25, 0.3) is 0 Å². The van der Waals surface area contributed by atoms with Crippen molar-refractivity contribution in [2.45, 2.75) is 38.8 Å². The number of nitrogens with two attached hydrogens (primary N) is 1. The van der Waals surface area contributed by atoms with Crippen LogP contribution < -0.4 is 5.73 Å². The average Bonchev–Trinajstić information content (AvgIpc) is 1.95. The molecule has 0 saturated heterocycles. The summed E-state index contributed by atoms with van der Waals surface area (Å²) >= 11 is 0. The van der Waals surface area contributed by atoms with Crippen LogP contribution in [0.15, 0.2) is 0 Å². The lowest BCUT2D eigenvalue weighted by Gasteiger charge is -2.19. The largest absolute Gasteiger partial charge is 0.460 e. The fraction of sp³-hybridized carbons (Fsp3) is 0.700. The molecule has 0 heterocycles. The Balaban J connectivity index is 4.31. The Labute approximate surface area is 96.3 Å². The normalized spacial score (nSPS) is 13.6. The van der Waals surface area contributed by atoms with Crippen LogP contribution in [0.2, 0.25) is 0 Å². The average molecular weight is 247 g/mol. The molecule has 0 unspecified atom stereocenters. The molecular formula is C10H17NO4S. The lowest BCUT2D eigenvalue weighted by molar-refractivity contribution is -0.154. The minimum atomic E-state index is -3.38. The van der Waals surface area contributed by atoms with Gasteiger partial charge < -0.3 is 10.5 Å². The molecule has 0 aliphatic rings. The third-order valence-electron chi connectivity index (χ3n) is 1.24. The van der Waals surface area contributed by atoms with Crippen molar-refractivity contribution in [1.29, 1.82) is 0 Å². The molecule has 0 saturated carbocycles. The van der Waals surface area contributed by atoms with Crippen LogP contribution in [0.1, 0.15) is 27.2 Å². The molecule has 0 bridgehead atoms. The van der Waals surface area contributed by atoms with Gasteiger partial charge in [-0.25, -0.2) is 8.42 Å². The Morgan fingerprint density at radius 3 is 2.31 bits per heavy atom. The second-order valence-electron chi connectivity index (χ2n) is 4.42. The molecule has 6 heteroatoms. The van der Waals surface area contributed by atoms with E-state index in [2.05, 4.69) is 5.92 Å². The first kappa shape index (κ1) is 14.9. The fourth-order valence-corrected chi connectivity index (χ4v) is 1.16. The molecule has 5 nitrogen and oxygen atoms in total. The van der Waals surface area contributed by atoms with E-state index in [1.54, 1.807) is 20.8 Å². The van der Waals surface area contributed by atoms with E-state index in [0.29, 0.717) is 0 Å². The van der Waals surface area contributed by atoms with E-state index in [4.69, 9.17) is 10.5 Å². The molecule has 0 aromatic rings. The second kappa shape index (κ2) is 5.32. The standard InChI is InChI=1S/C10H17NO4S/c1-10(2,3)15-9(12)7-8(11)5-6-16(4,13)14/h8H,7,11H2,1-4H3/t8-/m1/s1. The topological polar surface area (TPSA) is 86.5 Å². The zero-order valence-electron chi connectivity index (χ0n) is 9.90. The Kier molecular flexibility index (Phi) is 4.97. The van der Waals surface area contributed by atoms with Crippen LogP contribution in [0.4, 0.5) is 0 Å². The van der Waals surface area contributed by atoms with Crippen molar-refractivity contribution < 1.29 is 17.9 Å². The van der Waals surface area contributed by atoms with E-state index in [-0.39, 0.29) is 6.42 Å². The molecule has 0 aliphatic heterocycles. The van der Waals surface area contributed by atoms with Gasteiger partial charge in [-0.15, -0.1) is 0 Å². The summed E-state index contributed by atoms with van der Waals surface area (Å²) in [4.78, 5) is 11.3. The van der Waals surface area contributed by atoms with Gasteiger partial charge in [-0.2, -0.15) is 0 Å². The summed E-state index contributed by atoms with van der Waals surface area (Å²) in [5.74, 6) is 1.78. The van der Waals surface area contributed by atoms with E-state index in [9.17, 15) is 13.2 Å². The monoisotopic (exact) mass is 247 g/mol. The molecule has 0 amide bonds. The maximum Gasteiger partial charge on any atom is 0.308 e. The molecule has 0 aromatic heterocycles. The molecular weight excluding hydrogens is 230 g/mol. The van der Waals surface area contributed by atoms with Crippen molar-refractivity contribution >= 4 is 15.8 Å². The summed E-state index contributed by atoms with van der Waals surface area (Å²) in [6.45, 7) is 5.20. The lowest BCUT2D eigenvalue weighted by atomic mass is 10.2. The van der Waals surface area contributed by atoms with Crippen LogP contribution in [0.5, 0.6) is 0 Å². The summed E-state index contributed by atoms with van der Waals surface area (Å²) in [7, 11) is -3.38. The molecule has 0 rings (SSSR count). The van der Waals surface area contributed by atoms with E-state index in [1.165, 1.54) is 0 Å². The van der Waals surface area contributed by atoms with Gasteiger partial charge in [0.05, 0.1) is 18.7 Å². The van der Waals surface area contributed by atoms with Crippen molar-refractivity contribution in [2.75, 3.05) is 6.26 Å².